The summed E-state index contributed by atoms with van der Waals surface area (Å²) in [5, 5.41) is 0. The van der Waals surface area contributed by atoms with Crippen molar-refractivity contribution < 1.29 is 9.53 Å². The van der Waals surface area contributed by atoms with Gasteiger partial charge in [-0.2, -0.15) is 0 Å². The lowest BCUT2D eigenvalue weighted by atomic mass is 9.86. The van der Waals surface area contributed by atoms with Crippen LogP contribution in [0.25, 0.3) is 0 Å². The van der Waals surface area contributed by atoms with Gasteiger partial charge in [0.2, 0.25) is 0 Å². The van der Waals surface area contributed by atoms with Gasteiger partial charge in [0.05, 0.1) is 12.6 Å². The van der Waals surface area contributed by atoms with Crippen molar-refractivity contribution in [2.45, 2.75) is 23.0 Å². The lowest BCUT2D eigenvalue weighted by molar-refractivity contribution is -0.129. The van der Waals surface area contributed by atoms with Crippen molar-refractivity contribution in [1.82, 2.24) is 4.90 Å². The van der Waals surface area contributed by atoms with E-state index >= 15 is 0 Å². The second kappa shape index (κ2) is 3.12. The second-order valence-electron chi connectivity index (χ2n) is 4.42. The van der Waals surface area contributed by atoms with Crippen molar-refractivity contribution in [3.63, 3.8) is 0 Å². The van der Waals surface area contributed by atoms with Crippen LogP contribution in [0.2, 0.25) is 0 Å². The Morgan fingerprint density at radius 3 is 3.00 bits per heavy atom. The summed E-state index contributed by atoms with van der Waals surface area (Å²) in [4.78, 5) is 12.4. The van der Waals surface area contributed by atoms with E-state index in [1.165, 1.54) is 0 Å². The van der Waals surface area contributed by atoms with E-state index in [1.807, 2.05) is 0 Å². The second-order valence-corrected chi connectivity index (χ2v) is 5.52. The van der Waals surface area contributed by atoms with E-state index in [4.69, 9.17) is 27.9 Å². The zero-order valence-corrected chi connectivity index (χ0v) is 9.54. The Bertz CT molecular complexity index is 344. The number of ether oxygens (including phenoxy) is 1. The van der Waals surface area contributed by atoms with Gasteiger partial charge in [-0.3, -0.25) is 4.79 Å². The number of amides is 1. The summed E-state index contributed by atoms with van der Waals surface area (Å²) in [6.45, 7) is 1.31. The Balaban J connectivity index is 1.79. The van der Waals surface area contributed by atoms with E-state index in [2.05, 4.69) is 12.2 Å². The van der Waals surface area contributed by atoms with Crippen molar-refractivity contribution in [3.05, 3.63) is 12.2 Å². The maximum Gasteiger partial charge on any atom is 0.255 e. The number of hydrogen-bond donors (Lipinski definition) is 0. The van der Waals surface area contributed by atoms with Gasteiger partial charge in [-0.05, 0) is 6.42 Å². The first-order valence-electron chi connectivity index (χ1n) is 5.05. The van der Waals surface area contributed by atoms with Crippen LogP contribution in [0.5, 0.6) is 0 Å². The number of halogens is 2. The molecule has 3 aliphatic heterocycles. The third kappa shape index (κ3) is 1.33. The normalized spacial score (nSPS) is 41.7. The fourth-order valence-electron chi connectivity index (χ4n) is 2.85. The number of nitrogens with zero attached hydrogens (tertiary/aromatic N) is 1. The van der Waals surface area contributed by atoms with Crippen molar-refractivity contribution in [2.24, 2.45) is 5.92 Å². The van der Waals surface area contributed by atoms with Crippen LogP contribution < -0.4 is 0 Å². The minimum absolute atomic E-state index is 0.206. The summed E-state index contributed by atoms with van der Waals surface area (Å²) < 4.78 is 5.85. The Hall–Kier alpha value is -0.250. The first-order chi connectivity index (χ1) is 7.11. The third-order valence-corrected chi connectivity index (χ3v) is 3.92. The fourth-order valence-corrected chi connectivity index (χ4v) is 3.13. The molecule has 3 atom stereocenters. The number of carbonyl (C=O) groups is 1. The Morgan fingerprint density at radius 1 is 1.60 bits per heavy atom. The van der Waals surface area contributed by atoms with Crippen LogP contribution in [0.1, 0.15) is 6.42 Å². The molecule has 0 saturated carbocycles. The van der Waals surface area contributed by atoms with Crippen LogP contribution in [-0.4, -0.2) is 40.4 Å². The zero-order valence-electron chi connectivity index (χ0n) is 8.03. The highest BCUT2D eigenvalue weighted by molar-refractivity contribution is 6.53. The predicted octanol–water partition coefficient (Wildman–Crippen LogP) is 1.35. The van der Waals surface area contributed by atoms with Gasteiger partial charge < -0.3 is 9.64 Å². The van der Waals surface area contributed by atoms with Crippen molar-refractivity contribution in [3.8, 4) is 0 Å². The number of rotatable bonds is 1. The molecule has 1 amide bonds. The van der Waals surface area contributed by atoms with Crippen LogP contribution in [-0.2, 0) is 9.53 Å². The molecule has 0 unspecified atom stereocenters. The summed E-state index contributed by atoms with van der Waals surface area (Å²) in [5.74, 6) is 0.214. The van der Waals surface area contributed by atoms with Crippen molar-refractivity contribution >= 4 is 29.1 Å². The van der Waals surface area contributed by atoms with Gasteiger partial charge in [0.1, 0.15) is 5.60 Å². The first-order valence-corrected chi connectivity index (χ1v) is 5.92. The molecule has 15 heavy (non-hydrogen) atoms. The van der Waals surface area contributed by atoms with Gasteiger partial charge in [-0.25, -0.2) is 0 Å². The molecule has 3 nitrogen and oxygen atoms in total. The summed E-state index contributed by atoms with van der Waals surface area (Å²) in [5.41, 5.74) is -0.233. The number of alkyl halides is 2. The lowest BCUT2D eigenvalue weighted by Gasteiger charge is -2.22. The maximum absolute atomic E-state index is 11.6. The zero-order chi connectivity index (χ0) is 10.6. The van der Waals surface area contributed by atoms with E-state index in [9.17, 15) is 4.79 Å². The molecule has 5 heteroatoms. The van der Waals surface area contributed by atoms with E-state index in [-0.39, 0.29) is 17.6 Å². The summed E-state index contributed by atoms with van der Waals surface area (Å²) in [6.07, 6.45) is 5.45. The number of hydrogen-bond acceptors (Lipinski definition) is 2. The molecule has 0 aliphatic carbocycles. The molecule has 82 valence electrons. The fraction of sp³-hybridized carbons (Fsp3) is 0.700. The van der Waals surface area contributed by atoms with Gasteiger partial charge in [-0.15, -0.1) is 0 Å². The molecular formula is C10H11Cl2NO2. The minimum atomic E-state index is -0.957. The SMILES string of the molecule is O=C(C(Cl)Cl)N1C[C@H]2C[C@@H]3C=C[C@@]2(C1)O3. The minimum Gasteiger partial charge on any atom is -0.361 e. The molecule has 0 aromatic carbocycles. The van der Waals surface area contributed by atoms with Crippen LogP contribution in [0.15, 0.2) is 12.2 Å². The summed E-state index contributed by atoms with van der Waals surface area (Å²) in [6, 6.07) is 0. The topological polar surface area (TPSA) is 29.5 Å². The molecule has 0 radical (unpaired) electrons. The highest BCUT2D eigenvalue weighted by Crippen LogP contribution is 2.47. The van der Waals surface area contributed by atoms with Crippen LogP contribution in [0.3, 0.4) is 0 Å². The monoisotopic (exact) mass is 247 g/mol. The standard InChI is InChI=1S/C10H11Cl2NO2/c11-8(12)9(14)13-4-6-3-7-1-2-10(6,5-13)15-7/h1-2,6-8H,3-5H2/t6-,7+,10+/m1/s1. The Labute approximate surface area is 98.0 Å². The average molecular weight is 248 g/mol. The summed E-state index contributed by atoms with van der Waals surface area (Å²) in [7, 11) is 0. The van der Waals surface area contributed by atoms with Crippen LogP contribution in [0, 0.1) is 5.92 Å². The quantitative estimate of drug-likeness (QED) is 0.517. The smallest absolute Gasteiger partial charge is 0.255 e. The lowest BCUT2D eigenvalue weighted by Crippen LogP contribution is -2.37. The molecule has 2 bridgehead atoms. The maximum atomic E-state index is 11.6. The van der Waals surface area contributed by atoms with Gasteiger partial charge in [0, 0.05) is 12.5 Å². The molecule has 0 aromatic heterocycles. The van der Waals surface area contributed by atoms with Crippen LogP contribution >= 0.6 is 23.2 Å². The van der Waals surface area contributed by atoms with E-state index < -0.39 is 4.84 Å². The predicted molar refractivity (Wildman–Crippen MR) is 56.9 cm³/mol. The largest absolute Gasteiger partial charge is 0.361 e. The number of fused-ring (bicyclic) bond motifs is 1. The highest BCUT2D eigenvalue weighted by atomic mass is 35.5. The molecule has 3 heterocycles. The highest BCUT2D eigenvalue weighted by Gasteiger charge is 2.56. The van der Waals surface area contributed by atoms with E-state index in [1.54, 1.807) is 4.90 Å². The number of likely N-dealkylation sites (tertiary alicyclic amines) is 1. The van der Waals surface area contributed by atoms with Gasteiger partial charge in [0.15, 0.2) is 4.84 Å². The van der Waals surface area contributed by atoms with Crippen molar-refractivity contribution in [2.75, 3.05) is 13.1 Å². The van der Waals surface area contributed by atoms with Crippen LogP contribution in [0.4, 0.5) is 0 Å². The van der Waals surface area contributed by atoms with Gasteiger partial charge in [0.25, 0.3) is 5.91 Å². The van der Waals surface area contributed by atoms with Gasteiger partial charge in [-0.1, -0.05) is 35.4 Å². The molecule has 0 aromatic rings. The molecule has 3 aliphatic rings. The number of carbonyl (C=O) groups excluding carboxylic acids is 1. The van der Waals surface area contributed by atoms with Crippen molar-refractivity contribution in [1.29, 1.82) is 0 Å². The average Bonchev–Trinajstić information content (AvgIpc) is 2.80. The first kappa shape index (κ1) is 9.94. The summed E-state index contributed by atoms with van der Waals surface area (Å²) >= 11 is 11.2. The third-order valence-electron chi connectivity index (χ3n) is 3.55. The molecule has 3 rings (SSSR count). The Kier molecular flexibility index (Phi) is 2.07. The van der Waals surface area contributed by atoms with Gasteiger partial charge >= 0.3 is 0 Å². The molecule has 2 fully saturated rings. The Morgan fingerprint density at radius 2 is 2.40 bits per heavy atom. The molecule has 0 N–H and O–H groups in total. The molecule has 2 saturated heterocycles. The van der Waals surface area contributed by atoms with E-state index in [0.29, 0.717) is 12.5 Å². The van der Waals surface area contributed by atoms with E-state index in [0.717, 1.165) is 13.0 Å². The molecular weight excluding hydrogens is 237 g/mol. The molecule has 1 spiro atoms.